The average molecular weight is 289 g/mol. The molecule has 1 aromatic heterocycles. The standard InChI is InChI=1S/C16H17ClN2O/c1-10-5-4-6-11-9-13(15(17)19-14(10)11)16(20)18-12-7-2-3-8-12/h4-6,9,12H,2-3,7-8H2,1H3,(H,18,20). The molecule has 1 aliphatic rings. The molecule has 0 spiro atoms. The van der Waals surface area contributed by atoms with Crippen LogP contribution in [0, 0.1) is 6.92 Å². The lowest BCUT2D eigenvalue weighted by atomic mass is 10.1. The second kappa shape index (κ2) is 5.41. The number of fused-ring (bicyclic) bond motifs is 1. The summed E-state index contributed by atoms with van der Waals surface area (Å²) in [5.74, 6) is -0.113. The van der Waals surface area contributed by atoms with Crippen molar-refractivity contribution < 1.29 is 4.79 Å². The molecule has 0 radical (unpaired) electrons. The number of benzene rings is 1. The number of amides is 1. The van der Waals surface area contributed by atoms with Crippen LogP contribution < -0.4 is 5.32 Å². The fraction of sp³-hybridized carbons (Fsp3) is 0.375. The molecule has 0 saturated heterocycles. The number of carbonyl (C=O) groups is 1. The van der Waals surface area contributed by atoms with Gasteiger partial charge in [-0.2, -0.15) is 0 Å². The Morgan fingerprint density at radius 3 is 2.85 bits per heavy atom. The second-order valence-electron chi connectivity index (χ2n) is 5.43. The lowest BCUT2D eigenvalue weighted by molar-refractivity contribution is 0.0938. The molecule has 104 valence electrons. The highest BCUT2D eigenvalue weighted by molar-refractivity contribution is 6.33. The zero-order valence-corrected chi connectivity index (χ0v) is 12.2. The molecule has 0 atom stereocenters. The van der Waals surface area contributed by atoms with E-state index in [1.54, 1.807) is 0 Å². The number of halogens is 1. The van der Waals surface area contributed by atoms with E-state index in [9.17, 15) is 4.79 Å². The molecule has 1 amide bonds. The largest absolute Gasteiger partial charge is 0.349 e. The number of rotatable bonds is 2. The quantitative estimate of drug-likeness (QED) is 0.853. The van der Waals surface area contributed by atoms with Crippen molar-refractivity contribution in [3.05, 3.63) is 40.5 Å². The number of para-hydroxylation sites is 1. The monoisotopic (exact) mass is 288 g/mol. The van der Waals surface area contributed by atoms with Crippen LogP contribution >= 0.6 is 11.6 Å². The summed E-state index contributed by atoms with van der Waals surface area (Å²) in [4.78, 5) is 16.7. The summed E-state index contributed by atoms with van der Waals surface area (Å²) in [6.07, 6.45) is 4.49. The van der Waals surface area contributed by atoms with Gasteiger partial charge in [-0.1, -0.05) is 42.6 Å². The molecule has 0 aliphatic heterocycles. The zero-order chi connectivity index (χ0) is 14.1. The predicted molar refractivity (Wildman–Crippen MR) is 81.2 cm³/mol. The predicted octanol–water partition coefficient (Wildman–Crippen LogP) is 3.87. The van der Waals surface area contributed by atoms with Crippen LogP contribution in [0.3, 0.4) is 0 Å². The number of hydrogen-bond donors (Lipinski definition) is 1. The number of aromatic nitrogens is 1. The van der Waals surface area contributed by atoms with Crippen LogP contribution in [0.5, 0.6) is 0 Å². The Morgan fingerprint density at radius 2 is 2.10 bits per heavy atom. The zero-order valence-electron chi connectivity index (χ0n) is 11.4. The van der Waals surface area contributed by atoms with E-state index in [0.29, 0.717) is 5.56 Å². The van der Waals surface area contributed by atoms with Crippen molar-refractivity contribution in [2.45, 2.75) is 38.6 Å². The molecule has 1 aliphatic carbocycles. The van der Waals surface area contributed by atoms with Crippen molar-refractivity contribution in [1.29, 1.82) is 0 Å². The van der Waals surface area contributed by atoms with Gasteiger partial charge in [0.1, 0.15) is 5.15 Å². The summed E-state index contributed by atoms with van der Waals surface area (Å²) in [7, 11) is 0. The van der Waals surface area contributed by atoms with Crippen LogP contribution in [-0.2, 0) is 0 Å². The summed E-state index contributed by atoms with van der Waals surface area (Å²) in [5.41, 5.74) is 2.39. The van der Waals surface area contributed by atoms with E-state index >= 15 is 0 Å². The molecular formula is C16H17ClN2O. The van der Waals surface area contributed by atoms with Gasteiger partial charge in [0.2, 0.25) is 0 Å². The van der Waals surface area contributed by atoms with Gasteiger partial charge in [0.05, 0.1) is 11.1 Å². The van der Waals surface area contributed by atoms with Gasteiger partial charge >= 0.3 is 0 Å². The van der Waals surface area contributed by atoms with Crippen LogP contribution in [0.15, 0.2) is 24.3 Å². The Labute approximate surface area is 123 Å². The third-order valence-electron chi connectivity index (χ3n) is 3.94. The van der Waals surface area contributed by atoms with Crippen LogP contribution in [0.2, 0.25) is 5.15 Å². The third-order valence-corrected chi connectivity index (χ3v) is 4.22. The third kappa shape index (κ3) is 2.50. The molecule has 3 nitrogen and oxygen atoms in total. The summed E-state index contributed by atoms with van der Waals surface area (Å²) >= 11 is 6.18. The number of carbonyl (C=O) groups excluding carboxylic acids is 1. The molecule has 20 heavy (non-hydrogen) atoms. The molecular weight excluding hydrogens is 272 g/mol. The highest BCUT2D eigenvalue weighted by Crippen LogP contribution is 2.24. The number of nitrogens with zero attached hydrogens (tertiary/aromatic N) is 1. The molecule has 0 unspecified atom stereocenters. The van der Waals surface area contributed by atoms with Gasteiger partial charge in [0.25, 0.3) is 5.91 Å². The van der Waals surface area contributed by atoms with E-state index in [-0.39, 0.29) is 17.1 Å². The number of nitrogens with one attached hydrogen (secondary N) is 1. The first kappa shape index (κ1) is 13.4. The Balaban J connectivity index is 1.94. The molecule has 4 heteroatoms. The Kier molecular flexibility index (Phi) is 3.62. The maximum atomic E-state index is 12.3. The van der Waals surface area contributed by atoms with Crippen molar-refractivity contribution in [1.82, 2.24) is 10.3 Å². The van der Waals surface area contributed by atoms with E-state index in [0.717, 1.165) is 29.3 Å². The minimum absolute atomic E-state index is 0.113. The van der Waals surface area contributed by atoms with E-state index in [1.165, 1.54) is 12.8 Å². The van der Waals surface area contributed by atoms with E-state index < -0.39 is 0 Å². The lowest BCUT2D eigenvalue weighted by Gasteiger charge is -2.13. The normalized spacial score (nSPS) is 15.7. The summed E-state index contributed by atoms with van der Waals surface area (Å²) in [6, 6.07) is 8.03. The minimum Gasteiger partial charge on any atom is -0.349 e. The van der Waals surface area contributed by atoms with Gasteiger partial charge in [-0.25, -0.2) is 4.98 Å². The van der Waals surface area contributed by atoms with Gasteiger partial charge in [-0.3, -0.25) is 4.79 Å². The van der Waals surface area contributed by atoms with Gasteiger partial charge in [-0.15, -0.1) is 0 Å². The molecule has 1 N–H and O–H groups in total. The van der Waals surface area contributed by atoms with Crippen LogP contribution in [-0.4, -0.2) is 16.9 Å². The summed E-state index contributed by atoms with van der Waals surface area (Å²) < 4.78 is 0. The first-order chi connectivity index (χ1) is 9.65. The van der Waals surface area contributed by atoms with E-state index in [1.807, 2.05) is 31.2 Å². The van der Waals surface area contributed by atoms with Crippen LogP contribution in [0.1, 0.15) is 41.6 Å². The van der Waals surface area contributed by atoms with Crippen LogP contribution in [0.4, 0.5) is 0 Å². The van der Waals surface area contributed by atoms with Crippen molar-refractivity contribution in [2.24, 2.45) is 0 Å². The highest BCUT2D eigenvalue weighted by Gasteiger charge is 2.20. The van der Waals surface area contributed by atoms with E-state index in [4.69, 9.17) is 11.6 Å². The van der Waals surface area contributed by atoms with Gasteiger partial charge in [0.15, 0.2) is 0 Å². The van der Waals surface area contributed by atoms with Gasteiger partial charge in [-0.05, 0) is 31.4 Å². The van der Waals surface area contributed by atoms with Crippen molar-refractivity contribution in [3.8, 4) is 0 Å². The fourth-order valence-electron chi connectivity index (χ4n) is 2.82. The van der Waals surface area contributed by atoms with Crippen molar-refractivity contribution >= 4 is 28.4 Å². The molecule has 2 aromatic rings. The lowest BCUT2D eigenvalue weighted by Crippen LogP contribution is -2.32. The molecule has 1 aromatic carbocycles. The first-order valence-corrected chi connectivity index (χ1v) is 7.39. The molecule has 3 rings (SSSR count). The van der Waals surface area contributed by atoms with E-state index in [2.05, 4.69) is 10.3 Å². The fourth-order valence-corrected chi connectivity index (χ4v) is 3.04. The maximum Gasteiger partial charge on any atom is 0.254 e. The smallest absolute Gasteiger partial charge is 0.254 e. The summed E-state index contributed by atoms with van der Waals surface area (Å²) in [6.45, 7) is 1.99. The summed E-state index contributed by atoms with van der Waals surface area (Å²) in [5, 5.41) is 4.28. The van der Waals surface area contributed by atoms with Gasteiger partial charge < -0.3 is 5.32 Å². The second-order valence-corrected chi connectivity index (χ2v) is 5.79. The number of pyridine rings is 1. The SMILES string of the molecule is Cc1cccc2cc(C(=O)NC3CCCC3)c(Cl)nc12. The number of aryl methyl sites for hydroxylation is 1. The highest BCUT2D eigenvalue weighted by atomic mass is 35.5. The average Bonchev–Trinajstić information content (AvgIpc) is 2.92. The Morgan fingerprint density at radius 1 is 1.35 bits per heavy atom. The van der Waals surface area contributed by atoms with Crippen LogP contribution in [0.25, 0.3) is 10.9 Å². The minimum atomic E-state index is -0.113. The molecule has 1 saturated carbocycles. The van der Waals surface area contributed by atoms with Gasteiger partial charge in [0, 0.05) is 11.4 Å². The topological polar surface area (TPSA) is 42.0 Å². The Hall–Kier alpha value is -1.61. The Bertz CT molecular complexity index is 663. The van der Waals surface area contributed by atoms with Crippen molar-refractivity contribution in [3.63, 3.8) is 0 Å². The first-order valence-electron chi connectivity index (χ1n) is 7.02. The maximum absolute atomic E-state index is 12.3. The van der Waals surface area contributed by atoms with Crippen molar-refractivity contribution in [2.75, 3.05) is 0 Å². The molecule has 1 fully saturated rings. The number of hydrogen-bond acceptors (Lipinski definition) is 2. The molecule has 1 heterocycles. The molecule has 0 bridgehead atoms.